The van der Waals surface area contributed by atoms with E-state index in [4.69, 9.17) is 0 Å². The maximum Gasteiger partial charge on any atom is 0.234 e. The molecule has 0 aromatic rings. The summed E-state index contributed by atoms with van der Waals surface area (Å²) in [4.78, 5) is 13.3. The lowest BCUT2D eigenvalue weighted by atomic mass is 10.1. The summed E-state index contributed by atoms with van der Waals surface area (Å²) in [5.41, 5.74) is 0. The number of nitrogens with zero attached hydrogens (tertiary/aromatic N) is 1. The van der Waals surface area contributed by atoms with Gasteiger partial charge in [-0.1, -0.05) is 39.0 Å². The molecule has 0 fully saturated rings. The molecule has 3 heteroatoms. The first kappa shape index (κ1) is 14.7. The van der Waals surface area contributed by atoms with Gasteiger partial charge in [0.2, 0.25) is 6.08 Å². The second kappa shape index (κ2) is 13.7. The molecular weight excluding hydrogens is 206 g/mol. The fourth-order valence-corrected chi connectivity index (χ4v) is 2.32. The lowest BCUT2D eigenvalue weighted by Crippen LogP contribution is -1.87. The van der Waals surface area contributed by atoms with Gasteiger partial charge in [-0.15, -0.1) is 0 Å². The molecule has 0 bridgehead atoms. The summed E-state index contributed by atoms with van der Waals surface area (Å²) in [5.74, 6) is 2.39. The fourth-order valence-electron chi connectivity index (χ4n) is 1.38. The van der Waals surface area contributed by atoms with Crippen LogP contribution in [0.3, 0.4) is 0 Å². The Morgan fingerprint density at radius 3 is 2.40 bits per heavy atom. The number of carbonyl (C=O) groups excluding carboxylic acids is 1. The molecule has 0 aromatic heterocycles. The highest BCUT2D eigenvalue weighted by Crippen LogP contribution is 2.10. The van der Waals surface area contributed by atoms with Crippen molar-refractivity contribution in [3.05, 3.63) is 0 Å². The van der Waals surface area contributed by atoms with Gasteiger partial charge in [0.15, 0.2) is 0 Å². The van der Waals surface area contributed by atoms with Crippen molar-refractivity contribution < 1.29 is 4.79 Å². The molecule has 0 aliphatic carbocycles. The predicted octanol–water partition coefficient (Wildman–Crippen LogP) is 3.81. The smallest absolute Gasteiger partial charge is 0.211 e. The average Bonchev–Trinajstić information content (AvgIpc) is 2.26. The van der Waals surface area contributed by atoms with Crippen LogP contribution in [0.4, 0.5) is 0 Å². The van der Waals surface area contributed by atoms with Crippen LogP contribution in [0.5, 0.6) is 0 Å². The third kappa shape index (κ3) is 13.7. The number of aliphatic imine (C=N–C) groups is 1. The van der Waals surface area contributed by atoms with E-state index in [9.17, 15) is 4.79 Å². The molecule has 0 amide bonds. The number of rotatable bonds is 11. The molecule has 0 heterocycles. The van der Waals surface area contributed by atoms with Gasteiger partial charge >= 0.3 is 0 Å². The van der Waals surface area contributed by atoms with E-state index in [1.807, 2.05) is 11.8 Å². The zero-order valence-corrected chi connectivity index (χ0v) is 10.7. The van der Waals surface area contributed by atoms with Crippen molar-refractivity contribution in [3.8, 4) is 0 Å². The summed E-state index contributed by atoms with van der Waals surface area (Å²) < 4.78 is 0. The largest absolute Gasteiger partial charge is 0.234 e. The number of hydrogen-bond donors (Lipinski definition) is 0. The zero-order valence-electron chi connectivity index (χ0n) is 9.83. The quantitative estimate of drug-likeness (QED) is 0.306. The summed E-state index contributed by atoms with van der Waals surface area (Å²) in [7, 11) is 0. The molecule has 0 spiro atoms. The molecule has 88 valence electrons. The molecule has 0 saturated heterocycles. The van der Waals surface area contributed by atoms with Crippen LogP contribution in [-0.2, 0) is 4.79 Å². The van der Waals surface area contributed by atoms with E-state index >= 15 is 0 Å². The predicted molar refractivity (Wildman–Crippen MR) is 68.3 cm³/mol. The van der Waals surface area contributed by atoms with Crippen molar-refractivity contribution in [3.63, 3.8) is 0 Å². The van der Waals surface area contributed by atoms with Crippen molar-refractivity contribution in [1.82, 2.24) is 0 Å². The van der Waals surface area contributed by atoms with E-state index in [1.165, 1.54) is 44.3 Å². The Morgan fingerprint density at radius 1 is 1.00 bits per heavy atom. The minimum Gasteiger partial charge on any atom is -0.211 e. The average molecular weight is 229 g/mol. The lowest BCUT2D eigenvalue weighted by molar-refractivity contribution is 0.562. The molecular formula is C12H23NOS. The Labute approximate surface area is 97.9 Å². The van der Waals surface area contributed by atoms with Gasteiger partial charge in [-0.05, 0) is 24.3 Å². The number of isocyanates is 1. The summed E-state index contributed by atoms with van der Waals surface area (Å²) in [6.45, 7) is 2.89. The first-order valence-electron chi connectivity index (χ1n) is 6.03. The minimum absolute atomic E-state index is 0.646. The van der Waals surface area contributed by atoms with Crippen LogP contribution >= 0.6 is 11.8 Å². The Kier molecular flexibility index (Phi) is 13.5. The first-order chi connectivity index (χ1) is 7.41. The fraction of sp³-hybridized carbons (Fsp3) is 0.917. The Hall–Kier alpha value is -0.270. The third-order valence-electron chi connectivity index (χ3n) is 2.27. The van der Waals surface area contributed by atoms with Crippen LogP contribution in [0.25, 0.3) is 0 Å². The van der Waals surface area contributed by atoms with Crippen molar-refractivity contribution >= 4 is 17.8 Å². The Morgan fingerprint density at radius 2 is 1.67 bits per heavy atom. The second-order valence-corrected chi connectivity index (χ2v) is 4.93. The Bertz CT molecular complexity index is 167. The highest BCUT2D eigenvalue weighted by Gasteiger charge is 1.91. The summed E-state index contributed by atoms with van der Waals surface area (Å²) in [6, 6.07) is 0. The topological polar surface area (TPSA) is 29.4 Å². The van der Waals surface area contributed by atoms with E-state index in [0.29, 0.717) is 6.54 Å². The van der Waals surface area contributed by atoms with Crippen LogP contribution in [0.2, 0.25) is 0 Å². The highest BCUT2D eigenvalue weighted by atomic mass is 32.2. The van der Waals surface area contributed by atoms with E-state index in [-0.39, 0.29) is 0 Å². The van der Waals surface area contributed by atoms with E-state index < -0.39 is 0 Å². The molecule has 15 heavy (non-hydrogen) atoms. The normalized spacial score (nSPS) is 9.93. The van der Waals surface area contributed by atoms with Crippen LogP contribution in [0.1, 0.15) is 51.9 Å². The molecule has 0 aromatic carbocycles. The van der Waals surface area contributed by atoms with Crippen molar-refractivity contribution in [2.75, 3.05) is 18.1 Å². The molecule has 0 rings (SSSR count). The van der Waals surface area contributed by atoms with E-state index in [0.717, 1.165) is 12.2 Å². The highest BCUT2D eigenvalue weighted by molar-refractivity contribution is 7.99. The van der Waals surface area contributed by atoms with Crippen molar-refractivity contribution in [2.24, 2.45) is 4.99 Å². The lowest BCUT2D eigenvalue weighted by Gasteiger charge is -2.00. The third-order valence-corrected chi connectivity index (χ3v) is 3.42. The van der Waals surface area contributed by atoms with Crippen LogP contribution < -0.4 is 0 Å². The van der Waals surface area contributed by atoms with Gasteiger partial charge in [-0.3, -0.25) is 0 Å². The van der Waals surface area contributed by atoms with Crippen molar-refractivity contribution in [1.29, 1.82) is 0 Å². The van der Waals surface area contributed by atoms with Gasteiger partial charge in [0, 0.05) is 0 Å². The number of thioether (sulfide) groups is 1. The van der Waals surface area contributed by atoms with Crippen LogP contribution in [0.15, 0.2) is 4.99 Å². The monoisotopic (exact) mass is 229 g/mol. The van der Waals surface area contributed by atoms with Crippen LogP contribution in [0, 0.1) is 0 Å². The molecule has 0 aliphatic rings. The Balaban J connectivity index is 2.89. The maximum atomic E-state index is 9.77. The summed E-state index contributed by atoms with van der Waals surface area (Å²) in [6.07, 6.45) is 10.8. The molecule has 0 atom stereocenters. The standard InChI is InChI=1S/C12H23NOS/c1-2-3-4-5-6-7-10-15-11-8-9-13-12-14/h2-11H2,1H3. The molecule has 0 saturated carbocycles. The van der Waals surface area contributed by atoms with Gasteiger partial charge in [0.1, 0.15) is 0 Å². The van der Waals surface area contributed by atoms with Gasteiger partial charge < -0.3 is 0 Å². The second-order valence-electron chi connectivity index (χ2n) is 3.71. The number of hydrogen-bond acceptors (Lipinski definition) is 3. The zero-order chi connectivity index (χ0) is 11.2. The SMILES string of the molecule is CCCCCCCCSCCCN=C=O. The maximum absolute atomic E-state index is 9.77. The summed E-state index contributed by atoms with van der Waals surface area (Å²) >= 11 is 1.98. The molecule has 0 unspecified atom stereocenters. The van der Waals surface area contributed by atoms with Gasteiger partial charge in [-0.25, -0.2) is 9.79 Å². The van der Waals surface area contributed by atoms with Crippen LogP contribution in [-0.4, -0.2) is 24.1 Å². The minimum atomic E-state index is 0.646. The molecule has 2 nitrogen and oxygen atoms in total. The van der Waals surface area contributed by atoms with Gasteiger partial charge in [0.05, 0.1) is 6.54 Å². The molecule has 0 radical (unpaired) electrons. The number of unbranched alkanes of at least 4 members (excludes halogenated alkanes) is 5. The molecule has 0 N–H and O–H groups in total. The van der Waals surface area contributed by atoms with Gasteiger partial charge in [-0.2, -0.15) is 11.8 Å². The summed E-state index contributed by atoms with van der Waals surface area (Å²) in [5, 5.41) is 0. The molecule has 0 aliphatic heterocycles. The van der Waals surface area contributed by atoms with E-state index in [2.05, 4.69) is 11.9 Å². The van der Waals surface area contributed by atoms with E-state index in [1.54, 1.807) is 6.08 Å². The van der Waals surface area contributed by atoms with Crippen molar-refractivity contribution in [2.45, 2.75) is 51.9 Å². The van der Waals surface area contributed by atoms with Gasteiger partial charge in [0.25, 0.3) is 0 Å². The first-order valence-corrected chi connectivity index (χ1v) is 7.18.